The number of nitrogens with two attached hydrogens (primary N) is 1. The molecular formula is C18H22N6OS. The molecule has 0 radical (unpaired) electrons. The van der Waals surface area contributed by atoms with Crippen LogP contribution in [0.1, 0.15) is 35.3 Å². The standard InChI is InChI=1S/C18H22N6OS/c1-11-16-14(5-9-21-11)26-17(24-16)15(19)13-4-8-22-18(23-13)25-10-12-2-6-20-7-3-12/h4-5,8-9,12,15,20H,2-3,6-7,10,19H2,1H3. The first-order valence-corrected chi connectivity index (χ1v) is 9.66. The molecule has 1 saturated heterocycles. The molecule has 26 heavy (non-hydrogen) atoms. The Morgan fingerprint density at radius 3 is 2.85 bits per heavy atom. The van der Waals surface area contributed by atoms with E-state index in [0.29, 0.717) is 24.2 Å². The molecule has 3 aromatic rings. The van der Waals surface area contributed by atoms with E-state index in [-0.39, 0.29) is 0 Å². The molecule has 1 fully saturated rings. The molecule has 7 nitrogen and oxygen atoms in total. The maximum atomic E-state index is 6.41. The molecular weight excluding hydrogens is 348 g/mol. The number of nitrogens with zero attached hydrogens (tertiary/aromatic N) is 4. The van der Waals surface area contributed by atoms with E-state index in [1.165, 1.54) is 0 Å². The van der Waals surface area contributed by atoms with Gasteiger partial charge in [-0.1, -0.05) is 0 Å². The maximum absolute atomic E-state index is 6.41. The summed E-state index contributed by atoms with van der Waals surface area (Å²) >= 11 is 1.57. The summed E-state index contributed by atoms with van der Waals surface area (Å²) in [4.78, 5) is 17.7. The minimum Gasteiger partial charge on any atom is -0.463 e. The molecule has 4 rings (SSSR count). The molecule has 3 aromatic heterocycles. The van der Waals surface area contributed by atoms with Crippen molar-refractivity contribution in [1.29, 1.82) is 0 Å². The summed E-state index contributed by atoms with van der Waals surface area (Å²) in [5, 5.41) is 4.18. The van der Waals surface area contributed by atoms with Gasteiger partial charge in [-0.3, -0.25) is 4.98 Å². The van der Waals surface area contributed by atoms with Crippen molar-refractivity contribution in [1.82, 2.24) is 25.3 Å². The van der Waals surface area contributed by atoms with Gasteiger partial charge in [0.15, 0.2) is 0 Å². The number of nitrogens with one attached hydrogen (secondary N) is 1. The molecule has 0 saturated carbocycles. The maximum Gasteiger partial charge on any atom is 0.316 e. The fourth-order valence-corrected chi connectivity index (χ4v) is 4.13. The van der Waals surface area contributed by atoms with Gasteiger partial charge in [0.05, 0.1) is 22.7 Å². The van der Waals surface area contributed by atoms with Crippen LogP contribution in [0.25, 0.3) is 10.2 Å². The van der Waals surface area contributed by atoms with Gasteiger partial charge < -0.3 is 15.8 Å². The molecule has 1 aliphatic rings. The highest BCUT2D eigenvalue weighted by molar-refractivity contribution is 7.18. The number of pyridine rings is 1. The van der Waals surface area contributed by atoms with Crippen LogP contribution < -0.4 is 15.8 Å². The van der Waals surface area contributed by atoms with E-state index in [4.69, 9.17) is 10.5 Å². The lowest BCUT2D eigenvalue weighted by molar-refractivity contribution is 0.201. The second-order valence-electron chi connectivity index (χ2n) is 6.54. The molecule has 0 aromatic carbocycles. The van der Waals surface area contributed by atoms with E-state index in [0.717, 1.165) is 46.8 Å². The van der Waals surface area contributed by atoms with Crippen molar-refractivity contribution in [2.45, 2.75) is 25.8 Å². The van der Waals surface area contributed by atoms with Crippen LogP contribution in [-0.4, -0.2) is 39.6 Å². The Labute approximate surface area is 156 Å². The Balaban J connectivity index is 1.50. The first-order chi connectivity index (χ1) is 12.7. The minimum atomic E-state index is -0.406. The quantitative estimate of drug-likeness (QED) is 0.710. The first kappa shape index (κ1) is 17.3. The average Bonchev–Trinajstić information content (AvgIpc) is 3.13. The lowest BCUT2D eigenvalue weighted by Gasteiger charge is -2.22. The number of thiazole rings is 1. The summed E-state index contributed by atoms with van der Waals surface area (Å²) in [6.45, 7) is 4.69. The van der Waals surface area contributed by atoms with Crippen LogP contribution in [0.2, 0.25) is 0 Å². The zero-order valence-electron chi connectivity index (χ0n) is 14.7. The van der Waals surface area contributed by atoms with Crippen molar-refractivity contribution in [2.24, 2.45) is 11.7 Å². The SMILES string of the molecule is Cc1nccc2sc(C(N)c3ccnc(OCC4CCNCC4)n3)nc12. The van der Waals surface area contributed by atoms with Crippen molar-refractivity contribution in [2.75, 3.05) is 19.7 Å². The van der Waals surface area contributed by atoms with E-state index in [9.17, 15) is 0 Å². The Morgan fingerprint density at radius 1 is 1.23 bits per heavy atom. The number of ether oxygens (including phenoxy) is 1. The van der Waals surface area contributed by atoms with Crippen molar-refractivity contribution in [3.05, 3.63) is 40.9 Å². The van der Waals surface area contributed by atoms with Crippen LogP contribution in [0.5, 0.6) is 6.01 Å². The number of piperidine rings is 1. The Kier molecular flexibility index (Phi) is 5.05. The van der Waals surface area contributed by atoms with Gasteiger partial charge in [0.2, 0.25) is 0 Å². The van der Waals surface area contributed by atoms with E-state index in [2.05, 4.69) is 25.3 Å². The van der Waals surface area contributed by atoms with E-state index < -0.39 is 6.04 Å². The zero-order chi connectivity index (χ0) is 17.9. The van der Waals surface area contributed by atoms with Crippen molar-refractivity contribution >= 4 is 21.6 Å². The molecule has 1 atom stereocenters. The fourth-order valence-electron chi connectivity index (χ4n) is 3.10. The van der Waals surface area contributed by atoms with Crippen molar-refractivity contribution < 1.29 is 4.74 Å². The van der Waals surface area contributed by atoms with Gasteiger partial charge in [0, 0.05) is 12.4 Å². The highest BCUT2D eigenvalue weighted by Crippen LogP contribution is 2.29. The summed E-state index contributed by atoms with van der Waals surface area (Å²) in [6, 6.07) is 3.76. The van der Waals surface area contributed by atoms with Crippen LogP contribution in [-0.2, 0) is 0 Å². The number of aromatic nitrogens is 4. The third kappa shape index (κ3) is 3.67. The third-order valence-electron chi connectivity index (χ3n) is 4.65. The van der Waals surface area contributed by atoms with Gasteiger partial charge in [-0.25, -0.2) is 9.97 Å². The largest absolute Gasteiger partial charge is 0.463 e. The second-order valence-corrected chi connectivity index (χ2v) is 7.60. The number of aryl methyl sites for hydroxylation is 1. The molecule has 8 heteroatoms. The highest BCUT2D eigenvalue weighted by Gasteiger charge is 2.18. The molecule has 1 aliphatic heterocycles. The van der Waals surface area contributed by atoms with Gasteiger partial charge in [0.1, 0.15) is 16.6 Å². The van der Waals surface area contributed by atoms with Gasteiger partial charge in [-0.05, 0) is 50.9 Å². The van der Waals surface area contributed by atoms with E-state index >= 15 is 0 Å². The lowest BCUT2D eigenvalue weighted by Crippen LogP contribution is -2.30. The van der Waals surface area contributed by atoms with Gasteiger partial charge in [0.25, 0.3) is 0 Å². The van der Waals surface area contributed by atoms with Crippen LogP contribution >= 0.6 is 11.3 Å². The molecule has 3 N–H and O–H groups in total. The summed E-state index contributed by atoms with van der Waals surface area (Å²) < 4.78 is 6.90. The van der Waals surface area contributed by atoms with Crippen LogP contribution in [0.15, 0.2) is 24.5 Å². The molecule has 0 amide bonds. The summed E-state index contributed by atoms with van der Waals surface area (Å²) in [7, 11) is 0. The predicted octanol–water partition coefficient (Wildman–Crippen LogP) is 2.22. The van der Waals surface area contributed by atoms with Gasteiger partial charge in [-0.15, -0.1) is 11.3 Å². The highest BCUT2D eigenvalue weighted by atomic mass is 32.1. The van der Waals surface area contributed by atoms with Crippen molar-refractivity contribution in [3.63, 3.8) is 0 Å². The minimum absolute atomic E-state index is 0.385. The number of hydrogen-bond donors (Lipinski definition) is 2. The Bertz CT molecular complexity index is 892. The van der Waals surface area contributed by atoms with Crippen LogP contribution in [0.4, 0.5) is 0 Å². The number of rotatable bonds is 5. The zero-order valence-corrected chi connectivity index (χ0v) is 15.5. The van der Waals surface area contributed by atoms with Crippen molar-refractivity contribution in [3.8, 4) is 6.01 Å². The number of hydrogen-bond acceptors (Lipinski definition) is 8. The lowest BCUT2D eigenvalue weighted by atomic mass is 9.99. The summed E-state index contributed by atoms with van der Waals surface area (Å²) in [5.41, 5.74) is 8.93. The summed E-state index contributed by atoms with van der Waals surface area (Å²) in [6.07, 6.45) is 5.74. The molecule has 0 spiro atoms. The van der Waals surface area contributed by atoms with E-state index in [1.807, 2.05) is 19.1 Å². The molecule has 136 valence electrons. The monoisotopic (exact) mass is 370 g/mol. The van der Waals surface area contributed by atoms with E-state index in [1.54, 1.807) is 23.7 Å². The predicted molar refractivity (Wildman–Crippen MR) is 101 cm³/mol. The van der Waals surface area contributed by atoms with Crippen LogP contribution in [0, 0.1) is 12.8 Å². The first-order valence-electron chi connectivity index (χ1n) is 8.85. The second kappa shape index (κ2) is 7.61. The Hall–Kier alpha value is -2.16. The topological polar surface area (TPSA) is 98.8 Å². The summed E-state index contributed by atoms with van der Waals surface area (Å²) in [5.74, 6) is 0.553. The Morgan fingerprint density at radius 2 is 2.04 bits per heavy atom. The third-order valence-corrected chi connectivity index (χ3v) is 5.76. The molecule has 0 aliphatic carbocycles. The molecule has 4 heterocycles. The average molecular weight is 370 g/mol. The molecule has 1 unspecified atom stereocenters. The van der Waals surface area contributed by atoms with Gasteiger partial charge >= 0.3 is 6.01 Å². The number of fused-ring (bicyclic) bond motifs is 1. The molecule has 0 bridgehead atoms. The van der Waals surface area contributed by atoms with Crippen LogP contribution in [0.3, 0.4) is 0 Å². The smallest absolute Gasteiger partial charge is 0.316 e. The normalized spacial score (nSPS) is 16.7. The van der Waals surface area contributed by atoms with Gasteiger partial charge in [-0.2, -0.15) is 4.98 Å². The fraction of sp³-hybridized carbons (Fsp3) is 0.444.